The third kappa shape index (κ3) is 3.68. The van der Waals surface area contributed by atoms with Gasteiger partial charge in [-0.25, -0.2) is 18.9 Å². The van der Waals surface area contributed by atoms with Crippen molar-refractivity contribution in [3.63, 3.8) is 0 Å². The minimum atomic E-state index is -0.293. The van der Waals surface area contributed by atoms with Gasteiger partial charge in [-0.05, 0) is 65.2 Å². The van der Waals surface area contributed by atoms with E-state index in [2.05, 4.69) is 26.2 Å². The number of benzene rings is 1. The van der Waals surface area contributed by atoms with E-state index >= 15 is 0 Å². The molecule has 0 saturated heterocycles. The van der Waals surface area contributed by atoms with E-state index in [1.807, 2.05) is 6.07 Å². The zero-order valence-electron chi connectivity index (χ0n) is 15.9. The Labute approximate surface area is 186 Å². The van der Waals surface area contributed by atoms with Crippen molar-refractivity contribution in [1.29, 1.82) is 0 Å². The largest absolute Gasteiger partial charge is 0.351 e. The molecule has 30 heavy (non-hydrogen) atoms. The highest BCUT2D eigenvalue weighted by atomic mass is 79.9. The molecule has 1 aliphatic rings. The highest BCUT2D eigenvalue weighted by Gasteiger charge is 2.22. The van der Waals surface area contributed by atoms with E-state index in [4.69, 9.17) is 21.7 Å². The third-order valence-electron chi connectivity index (χ3n) is 5.38. The quantitative estimate of drug-likeness (QED) is 0.364. The van der Waals surface area contributed by atoms with Crippen LogP contribution in [-0.4, -0.2) is 25.6 Å². The lowest BCUT2D eigenvalue weighted by atomic mass is 10.0. The molecular formula is C22H18BrClFN5. The lowest BCUT2D eigenvalue weighted by Gasteiger charge is -2.13. The molecule has 0 amide bonds. The molecule has 5 nitrogen and oxygen atoms in total. The van der Waals surface area contributed by atoms with Gasteiger partial charge in [-0.3, -0.25) is 0 Å². The fraction of sp³-hybridized carbons (Fsp3) is 0.227. The normalized spacial score (nSPS) is 14.5. The summed E-state index contributed by atoms with van der Waals surface area (Å²) in [7, 11) is 0. The molecule has 1 fully saturated rings. The maximum absolute atomic E-state index is 13.5. The number of halogens is 3. The van der Waals surface area contributed by atoms with E-state index in [1.165, 1.54) is 25.0 Å². The first-order valence-corrected chi connectivity index (χ1v) is 11.0. The van der Waals surface area contributed by atoms with Gasteiger partial charge in [0.25, 0.3) is 0 Å². The molecule has 1 N–H and O–H groups in total. The minimum absolute atomic E-state index is 0.293. The highest BCUT2D eigenvalue weighted by molar-refractivity contribution is 9.10. The van der Waals surface area contributed by atoms with Crippen molar-refractivity contribution in [3.8, 4) is 22.5 Å². The van der Waals surface area contributed by atoms with E-state index in [9.17, 15) is 4.39 Å². The monoisotopic (exact) mass is 485 g/mol. The second kappa shape index (κ2) is 7.96. The fourth-order valence-electron chi connectivity index (χ4n) is 3.93. The lowest BCUT2D eigenvalue weighted by Crippen LogP contribution is -2.16. The number of pyridine rings is 1. The molecule has 1 aromatic carbocycles. The number of fused-ring (bicyclic) bond motifs is 1. The SMILES string of the molecule is Fc1ccc(-c2nn3ccc(Cl)cc3c2-c2nc(NC3CCCC3)ncc2Br)cc1. The van der Waals surface area contributed by atoms with Gasteiger partial charge in [0.1, 0.15) is 11.5 Å². The van der Waals surface area contributed by atoms with Crippen LogP contribution in [0.4, 0.5) is 10.3 Å². The van der Waals surface area contributed by atoms with Crippen LogP contribution in [0.1, 0.15) is 25.7 Å². The summed E-state index contributed by atoms with van der Waals surface area (Å²) in [6, 6.07) is 10.3. The molecule has 1 saturated carbocycles. The van der Waals surface area contributed by atoms with E-state index < -0.39 is 0 Å². The van der Waals surface area contributed by atoms with Crippen LogP contribution in [0, 0.1) is 5.82 Å². The van der Waals surface area contributed by atoms with Crippen molar-refractivity contribution < 1.29 is 4.39 Å². The molecular weight excluding hydrogens is 469 g/mol. The van der Waals surface area contributed by atoms with Crippen LogP contribution in [0.2, 0.25) is 5.02 Å². The summed E-state index contributed by atoms with van der Waals surface area (Å²) < 4.78 is 16.0. The summed E-state index contributed by atoms with van der Waals surface area (Å²) >= 11 is 9.90. The smallest absolute Gasteiger partial charge is 0.223 e. The Morgan fingerprint density at radius 1 is 1.10 bits per heavy atom. The Morgan fingerprint density at radius 3 is 2.63 bits per heavy atom. The first kappa shape index (κ1) is 19.5. The first-order chi connectivity index (χ1) is 14.6. The number of rotatable bonds is 4. The Morgan fingerprint density at radius 2 is 1.87 bits per heavy atom. The molecule has 0 aliphatic heterocycles. The molecule has 3 aromatic heterocycles. The second-order valence-corrected chi connectivity index (χ2v) is 8.71. The van der Waals surface area contributed by atoms with Crippen molar-refractivity contribution in [2.45, 2.75) is 31.7 Å². The second-order valence-electron chi connectivity index (χ2n) is 7.42. The summed E-state index contributed by atoms with van der Waals surface area (Å²) in [6.45, 7) is 0. The molecule has 8 heteroatoms. The predicted molar refractivity (Wildman–Crippen MR) is 120 cm³/mol. The fourth-order valence-corrected chi connectivity index (χ4v) is 4.48. The molecule has 5 rings (SSSR count). The van der Waals surface area contributed by atoms with Crippen molar-refractivity contribution in [1.82, 2.24) is 19.6 Å². The van der Waals surface area contributed by atoms with Crippen molar-refractivity contribution in [3.05, 3.63) is 64.1 Å². The molecule has 0 radical (unpaired) electrons. The molecule has 1 aliphatic carbocycles. The van der Waals surface area contributed by atoms with Crippen LogP contribution >= 0.6 is 27.5 Å². The van der Waals surface area contributed by atoms with Gasteiger partial charge >= 0.3 is 0 Å². The van der Waals surface area contributed by atoms with Gasteiger partial charge in [-0.1, -0.05) is 24.4 Å². The Hall–Kier alpha value is -2.51. The maximum Gasteiger partial charge on any atom is 0.223 e. The van der Waals surface area contributed by atoms with Gasteiger partial charge in [-0.2, -0.15) is 5.10 Å². The summed E-state index contributed by atoms with van der Waals surface area (Å²) in [4.78, 5) is 9.27. The van der Waals surface area contributed by atoms with Crippen LogP contribution < -0.4 is 5.32 Å². The molecule has 4 aromatic rings. The number of anilines is 1. The number of hydrogen-bond acceptors (Lipinski definition) is 4. The molecule has 152 valence electrons. The molecule has 3 heterocycles. The number of nitrogens with zero attached hydrogens (tertiary/aromatic N) is 4. The van der Waals surface area contributed by atoms with Crippen LogP contribution in [0.5, 0.6) is 0 Å². The average Bonchev–Trinajstić information content (AvgIpc) is 3.37. The van der Waals surface area contributed by atoms with Crippen LogP contribution in [0.25, 0.3) is 28.0 Å². The van der Waals surface area contributed by atoms with Crippen molar-refractivity contribution in [2.24, 2.45) is 0 Å². The van der Waals surface area contributed by atoms with Gasteiger partial charge in [-0.15, -0.1) is 0 Å². The van der Waals surface area contributed by atoms with E-state index in [0.717, 1.165) is 34.0 Å². The predicted octanol–water partition coefficient (Wildman–Crippen LogP) is 6.37. The Bertz CT molecular complexity index is 1220. The maximum atomic E-state index is 13.5. The number of nitrogens with one attached hydrogen (secondary N) is 1. The van der Waals surface area contributed by atoms with Crippen LogP contribution in [0.3, 0.4) is 0 Å². The molecule has 0 unspecified atom stereocenters. The van der Waals surface area contributed by atoms with Gasteiger partial charge < -0.3 is 5.32 Å². The Balaban J connectivity index is 1.70. The summed E-state index contributed by atoms with van der Waals surface area (Å²) in [5.41, 5.74) is 3.83. The molecule has 0 spiro atoms. The summed E-state index contributed by atoms with van der Waals surface area (Å²) in [5, 5.41) is 8.79. The standard InChI is InChI=1S/C22H18BrClFN5/c23-17-12-26-22(27-16-3-1-2-4-16)28-21(17)19-18-11-14(24)9-10-30(18)29-20(19)13-5-7-15(25)8-6-13/h5-12,16H,1-4H2,(H,26,27,28). The zero-order chi connectivity index (χ0) is 20.7. The zero-order valence-corrected chi connectivity index (χ0v) is 18.3. The van der Waals surface area contributed by atoms with E-state index in [-0.39, 0.29) is 5.82 Å². The summed E-state index contributed by atoms with van der Waals surface area (Å²) in [5.74, 6) is 0.296. The molecule has 0 atom stereocenters. The lowest BCUT2D eigenvalue weighted by molar-refractivity contribution is 0.628. The third-order valence-corrected chi connectivity index (χ3v) is 6.20. The van der Waals surface area contributed by atoms with Gasteiger partial charge in [0, 0.05) is 29.0 Å². The van der Waals surface area contributed by atoms with Crippen LogP contribution in [0.15, 0.2) is 53.3 Å². The van der Waals surface area contributed by atoms with E-state index in [1.54, 1.807) is 35.1 Å². The van der Waals surface area contributed by atoms with Crippen LogP contribution in [-0.2, 0) is 0 Å². The van der Waals surface area contributed by atoms with E-state index in [0.29, 0.717) is 28.4 Å². The highest BCUT2D eigenvalue weighted by Crippen LogP contribution is 2.38. The van der Waals surface area contributed by atoms with Gasteiger partial charge in [0.2, 0.25) is 5.95 Å². The molecule has 0 bridgehead atoms. The van der Waals surface area contributed by atoms with Gasteiger partial charge in [0.15, 0.2) is 0 Å². The van der Waals surface area contributed by atoms with Crippen molar-refractivity contribution in [2.75, 3.05) is 5.32 Å². The topological polar surface area (TPSA) is 55.1 Å². The Kier molecular flexibility index (Phi) is 5.16. The number of aromatic nitrogens is 4. The summed E-state index contributed by atoms with van der Waals surface area (Å²) in [6.07, 6.45) is 8.26. The number of hydrogen-bond donors (Lipinski definition) is 1. The van der Waals surface area contributed by atoms with Gasteiger partial charge in [0.05, 0.1) is 21.2 Å². The average molecular weight is 487 g/mol. The first-order valence-electron chi connectivity index (χ1n) is 9.82. The minimum Gasteiger partial charge on any atom is -0.351 e. The van der Waals surface area contributed by atoms with Crippen molar-refractivity contribution >= 4 is 39.0 Å².